The van der Waals surface area contributed by atoms with Gasteiger partial charge in [0.2, 0.25) is 0 Å². The first kappa shape index (κ1) is 45.9. The summed E-state index contributed by atoms with van der Waals surface area (Å²) in [6.45, 7) is 17.8. The molecule has 9 aromatic rings. The van der Waals surface area contributed by atoms with Crippen molar-refractivity contribution in [2.24, 2.45) is 5.92 Å². The van der Waals surface area contributed by atoms with Crippen LogP contribution in [0.5, 0.6) is 0 Å². The molecule has 323 valence electrons. The van der Waals surface area contributed by atoms with Gasteiger partial charge in [-0.15, -0.1) is 18.2 Å². The minimum atomic E-state index is -1.87. The fraction of sp³-hybridized carbons (Fsp3) is 0.268. The largest absolute Gasteiger partial charge is 0.501 e. The van der Waals surface area contributed by atoms with E-state index in [4.69, 9.17) is 14.4 Å². The number of aryl methyl sites for hydroxylation is 2. The fourth-order valence-electron chi connectivity index (χ4n) is 8.55. The van der Waals surface area contributed by atoms with E-state index in [2.05, 4.69) is 185 Å². The standard InChI is InChI=1S/C37H32N3O.C19H26GeN.Ir/c1-22(2)29-19-26(25-10-7-6-8-11-25)20-30(23(3)4)35(29)40-33-21-38-17-16-32(33)39-37(40)28-13-9-12-27-31-18-24(5)14-15-34(31)41-36(27)28;1-14(2)11-17-12-19(16-9-7-15(3)8-10-16)21-13-18(17)20(4,5)6;/h6-12,14-23H,1-5H3;7-9,12-14H,11H2,1-6H3;/q2*-1;. The van der Waals surface area contributed by atoms with Crippen molar-refractivity contribution in [2.45, 2.75) is 90.9 Å². The molecule has 0 amide bonds. The molecular formula is C56H58GeIrN4O-2. The topological polar surface area (TPSA) is 56.7 Å². The van der Waals surface area contributed by atoms with E-state index >= 15 is 0 Å². The third-order valence-corrected chi connectivity index (χ3v) is 16.0. The summed E-state index contributed by atoms with van der Waals surface area (Å²) >= 11 is -1.87. The fourth-order valence-corrected chi connectivity index (χ4v) is 11.9. The Morgan fingerprint density at radius 3 is 2.10 bits per heavy atom. The zero-order chi connectivity index (χ0) is 43.9. The Hall–Kier alpha value is -5.14. The molecule has 9 rings (SSSR count). The summed E-state index contributed by atoms with van der Waals surface area (Å²) < 4.78 is 10.4. The van der Waals surface area contributed by atoms with Crippen molar-refractivity contribution in [1.29, 1.82) is 0 Å². The zero-order valence-electron chi connectivity index (χ0n) is 38.5. The monoisotopic (exact) mass is 1070 g/mol. The van der Waals surface area contributed by atoms with Crippen molar-refractivity contribution in [3.05, 3.63) is 162 Å². The van der Waals surface area contributed by atoms with Crippen LogP contribution in [0.15, 0.2) is 126 Å². The number of aromatic nitrogens is 4. The zero-order valence-corrected chi connectivity index (χ0v) is 43.0. The molecule has 4 aromatic heterocycles. The van der Waals surface area contributed by atoms with Gasteiger partial charge in [-0.3, -0.25) is 9.97 Å². The van der Waals surface area contributed by atoms with E-state index < -0.39 is 13.3 Å². The molecule has 0 spiro atoms. The van der Waals surface area contributed by atoms with Crippen LogP contribution in [0.3, 0.4) is 0 Å². The maximum absolute atomic E-state index is 6.51. The third kappa shape index (κ3) is 9.55. The van der Waals surface area contributed by atoms with Gasteiger partial charge in [-0.1, -0.05) is 80.6 Å². The first-order valence-corrected chi connectivity index (χ1v) is 29.4. The molecule has 0 aliphatic heterocycles. The molecule has 0 atom stereocenters. The molecule has 5 aromatic carbocycles. The Kier molecular flexibility index (Phi) is 13.8. The van der Waals surface area contributed by atoms with Gasteiger partial charge in [-0.25, -0.2) is 0 Å². The van der Waals surface area contributed by atoms with Gasteiger partial charge in [-0.2, -0.15) is 0 Å². The molecule has 0 saturated carbocycles. The van der Waals surface area contributed by atoms with Gasteiger partial charge < -0.3 is 8.98 Å². The van der Waals surface area contributed by atoms with E-state index in [0.29, 0.717) is 5.92 Å². The molecule has 0 unspecified atom stereocenters. The molecule has 0 aliphatic rings. The van der Waals surface area contributed by atoms with Crippen molar-refractivity contribution < 1.29 is 24.5 Å². The summed E-state index contributed by atoms with van der Waals surface area (Å²) in [6, 6.07) is 43.2. The van der Waals surface area contributed by atoms with E-state index in [-0.39, 0.29) is 31.9 Å². The van der Waals surface area contributed by atoms with Crippen molar-refractivity contribution in [3.63, 3.8) is 0 Å². The number of hydrogen-bond acceptors (Lipinski definition) is 4. The van der Waals surface area contributed by atoms with Crippen LogP contribution in [0.2, 0.25) is 17.3 Å². The number of rotatable bonds is 9. The second kappa shape index (κ2) is 18.9. The van der Waals surface area contributed by atoms with Crippen LogP contribution in [0.1, 0.15) is 81.2 Å². The Morgan fingerprint density at radius 2 is 1.44 bits per heavy atom. The van der Waals surface area contributed by atoms with Gasteiger partial charge in [0.05, 0.1) is 28.6 Å². The molecular weight excluding hydrogens is 1010 g/mol. The molecule has 63 heavy (non-hydrogen) atoms. The van der Waals surface area contributed by atoms with Crippen LogP contribution in [0.4, 0.5) is 0 Å². The number of imidazole rings is 1. The van der Waals surface area contributed by atoms with Gasteiger partial charge in [0.1, 0.15) is 5.58 Å². The van der Waals surface area contributed by atoms with Crippen molar-refractivity contribution in [1.82, 2.24) is 19.5 Å². The van der Waals surface area contributed by atoms with Gasteiger partial charge in [0, 0.05) is 37.4 Å². The Labute approximate surface area is 390 Å². The van der Waals surface area contributed by atoms with Crippen molar-refractivity contribution in [2.75, 3.05) is 0 Å². The number of nitrogens with zero attached hydrogens (tertiary/aromatic N) is 4. The SMILES string of the molecule is Cc1c[c-]c(-c2cc(CC(C)C)[c]([Ge]([CH3])([CH3])[CH3])cn2)cc1.Cc1ccc2oc3c(-c4nc5ccncc5n4-c4c(C(C)C)cc(-c5ccccc5)cc4C(C)C)[c-]ccc3c2c1.[Ir]. The Balaban J connectivity index is 0.000000229. The summed E-state index contributed by atoms with van der Waals surface area (Å²) in [7, 11) is 0. The first-order valence-electron chi connectivity index (χ1n) is 22.1. The first-order chi connectivity index (χ1) is 29.7. The number of fused-ring (bicyclic) bond motifs is 4. The van der Waals surface area contributed by atoms with E-state index in [9.17, 15) is 0 Å². The predicted octanol–water partition coefficient (Wildman–Crippen LogP) is 14.6. The number of pyridine rings is 2. The predicted molar refractivity (Wildman–Crippen MR) is 264 cm³/mol. The minimum Gasteiger partial charge on any atom is -0.501 e. The second-order valence-electron chi connectivity index (χ2n) is 18.9. The average Bonchev–Trinajstić information content (AvgIpc) is 3.81. The molecule has 7 heteroatoms. The molecule has 5 nitrogen and oxygen atoms in total. The molecule has 4 heterocycles. The van der Waals surface area contributed by atoms with Gasteiger partial charge in [0.25, 0.3) is 0 Å². The maximum atomic E-state index is 6.51. The normalized spacial score (nSPS) is 11.8. The molecule has 0 N–H and O–H groups in total. The molecule has 0 aliphatic carbocycles. The van der Waals surface area contributed by atoms with E-state index in [1.165, 1.54) is 38.9 Å². The average molecular weight is 1070 g/mol. The van der Waals surface area contributed by atoms with Crippen LogP contribution in [0, 0.1) is 31.9 Å². The summed E-state index contributed by atoms with van der Waals surface area (Å²) in [5.41, 5.74) is 16.6. The number of benzene rings is 5. The van der Waals surface area contributed by atoms with Gasteiger partial charge in [0.15, 0.2) is 0 Å². The molecule has 0 saturated heterocycles. The van der Waals surface area contributed by atoms with Gasteiger partial charge >= 0.3 is 132 Å². The molecule has 0 bridgehead atoms. The Bertz CT molecular complexity index is 3000. The number of hydrogen-bond donors (Lipinski definition) is 0. The molecule has 1 radical (unpaired) electrons. The van der Waals surface area contributed by atoms with Crippen LogP contribution in [-0.2, 0) is 26.5 Å². The summed E-state index contributed by atoms with van der Waals surface area (Å²) in [5.74, 6) is 9.37. The summed E-state index contributed by atoms with van der Waals surface area (Å²) in [6.07, 6.45) is 7.01. The summed E-state index contributed by atoms with van der Waals surface area (Å²) in [4.78, 5) is 14.5. The third-order valence-electron chi connectivity index (χ3n) is 11.7. The minimum absolute atomic E-state index is 0. The Morgan fingerprint density at radius 1 is 0.730 bits per heavy atom. The van der Waals surface area contributed by atoms with Crippen LogP contribution in [0.25, 0.3) is 72.4 Å². The smallest absolute Gasteiger partial charge is 0.120 e. The summed E-state index contributed by atoms with van der Waals surface area (Å²) in [5, 5.41) is 2.18. The quantitative estimate of drug-likeness (QED) is 0.107. The molecule has 0 fully saturated rings. The second-order valence-corrected chi connectivity index (χ2v) is 29.4. The van der Waals surface area contributed by atoms with Crippen LogP contribution >= 0.6 is 0 Å². The van der Waals surface area contributed by atoms with Crippen molar-refractivity contribution >= 4 is 50.6 Å². The van der Waals surface area contributed by atoms with Crippen LogP contribution < -0.4 is 4.40 Å². The van der Waals surface area contributed by atoms with E-state index in [1.54, 1.807) is 4.40 Å². The van der Waals surface area contributed by atoms with E-state index in [1.807, 2.05) is 30.6 Å². The van der Waals surface area contributed by atoms with Gasteiger partial charge in [-0.05, 0) is 71.3 Å². The van der Waals surface area contributed by atoms with Crippen molar-refractivity contribution in [3.8, 4) is 39.5 Å². The maximum Gasteiger partial charge on any atom is 0.120 e. The number of furan rings is 1. The van der Waals surface area contributed by atoms with E-state index in [0.717, 1.165) is 67.7 Å². The van der Waals surface area contributed by atoms with Crippen LogP contribution in [-0.4, -0.2) is 32.8 Å².